The molecule has 0 atom stereocenters. The average molecular weight is 416 g/mol. The minimum Gasteiger partial charge on any atom is -0.341 e. The second kappa shape index (κ2) is 6.53. The molecule has 0 radical (unpaired) electrons. The largest absolute Gasteiger partial charge is 0.404 e. The van der Waals surface area contributed by atoms with Crippen molar-refractivity contribution >= 4 is 28.4 Å². The number of carbonyl (C=O) groups is 2. The molecule has 0 aliphatic carbocycles. The van der Waals surface area contributed by atoms with Gasteiger partial charge in [0.2, 0.25) is 5.91 Å². The molecule has 2 aliphatic heterocycles. The van der Waals surface area contributed by atoms with Gasteiger partial charge in [0.05, 0.1) is 12.1 Å². The van der Waals surface area contributed by atoms with Gasteiger partial charge in [-0.25, -0.2) is 9.78 Å². The number of hydrogen-bond donors (Lipinski definition) is 1. The molecule has 3 amide bonds. The van der Waals surface area contributed by atoms with Gasteiger partial charge in [-0.3, -0.25) is 9.69 Å². The molecule has 6 nitrogen and oxygen atoms in total. The molecule has 0 bridgehead atoms. The third-order valence-corrected chi connectivity index (χ3v) is 5.58. The molecule has 1 aromatic rings. The van der Waals surface area contributed by atoms with E-state index >= 15 is 0 Å². The van der Waals surface area contributed by atoms with E-state index in [1.165, 1.54) is 10.3 Å². The molecule has 150 valence electrons. The predicted octanol–water partition coefficient (Wildman–Crippen LogP) is 2.56. The molecule has 2 saturated heterocycles. The molecule has 1 N–H and O–H groups in total. The van der Waals surface area contributed by atoms with E-state index in [-0.39, 0.29) is 11.7 Å². The smallest absolute Gasteiger partial charge is 0.341 e. The minimum atomic E-state index is -5.50. The Morgan fingerprint density at radius 3 is 2.41 bits per heavy atom. The summed E-state index contributed by atoms with van der Waals surface area (Å²) >= 11 is 1.07. The van der Waals surface area contributed by atoms with Crippen molar-refractivity contribution in [2.24, 2.45) is 5.41 Å². The first kappa shape index (κ1) is 19.7. The molecule has 3 heterocycles. The first-order valence-electron chi connectivity index (χ1n) is 7.86. The van der Waals surface area contributed by atoms with Gasteiger partial charge in [-0.1, -0.05) is 0 Å². The van der Waals surface area contributed by atoms with Gasteiger partial charge in [0.15, 0.2) is 10.5 Å². The number of anilines is 1. The number of urea groups is 1. The molecule has 0 unspecified atom stereocenters. The fourth-order valence-electron chi connectivity index (χ4n) is 3.07. The summed E-state index contributed by atoms with van der Waals surface area (Å²) in [5, 5.41) is 4.33. The van der Waals surface area contributed by atoms with Gasteiger partial charge >= 0.3 is 18.4 Å². The van der Waals surface area contributed by atoms with Crippen molar-refractivity contribution in [1.29, 1.82) is 0 Å². The number of halogens is 6. The lowest BCUT2D eigenvalue weighted by Crippen LogP contribution is -2.52. The van der Waals surface area contributed by atoms with Gasteiger partial charge in [0.25, 0.3) is 0 Å². The molecule has 0 saturated carbocycles. The average Bonchev–Trinajstić information content (AvgIpc) is 3.23. The number of rotatable bonds is 3. The maximum absolute atomic E-state index is 13.1. The van der Waals surface area contributed by atoms with Gasteiger partial charge in [0, 0.05) is 31.6 Å². The fraction of sp³-hybridized carbons (Fsp3) is 0.643. The summed E-state index contributed by atoms with van der Waals surface area (Å²) in [6.45, 7) is -1.28. The number of amides is 3. The number of aromatic nitrogens is 1. The Kier molecular flexibility index (Phi) is 4.77. The number of alkyl halides is 6. The number of nitrogens with zero attached hydrogens (tertiary/aromatic N) is 3. The van der Waals surface area contributed by atoms with E-state index in [4.69, 9.17) is 0 Å². The molecule has 2 aliphatic rings. The quantitative estimate of drug-likeness (QED) is 0.771. The second-order valence-corrected chi connectivity index (χ2v) is 7.16. The lowest BCUT2D eigenvalue weighted by Gasteiger charge is -2.33. The zero-order valence-electron chi connectivity index (χ0n) is 13.7. The lowest BCUT2D eigenvalue weighted by atomic mass is 9.85. The van der Waals surface area contributed by atoms with Gasteiger partial charge in [-0.15, -0.1) is 11.3 Å². The molecule has 3 rings (SSSR count). The summed E-state index contributed by atoms with van der Waals surface area (Å²) in [4.78, 5) is 29.8. The van der Waals surface area contributed by atoms with Crippen molar-refractivity contribution in [3.05, 3.63) is 11.1 Å². The topological polar surface area (TPSA) is 65.5 Å². The number of hydrogen-bond acceptors (Lipinski definition) is 4. The zero-order chi connectivity index (χ0) is 20.0. The summed E-state index contributed by atoms with van der Waals surface area (Å²) in [6, 6.07) is -0.359. The monoisotopic (exact) mass is 416 g/mol. The number of thiazole rings is 1. The van der Waals surface area contributed by atoms with Crippen LogP contribution >= 0.6 is 11.3 Å². The normalized spacial score (nSPS) is 20.3. The van der Waals surface area contributed by atoms with Gasteiger partial charge in [0.1, 0.15) is 0 Å². The van der Waals surface area contributed by atoms with E-state index in [2.05, 4.69) is 10.3 Å². The first-order valence-corrected chi connectivity index (χ1v) is 8.73. The van der Waals surface area contributed by atoms with Gasteiger partial charge < -0.3 is 10.2 Å². The summed E-state index contributed by atoms with van der Waals surface area (Å²) < 4.78 is 78.5. The van der Waals surface area contributed by atoms with Crippen molar-refractivity contribution < 1.29 is 35.9 Å². The highest BCUT2D eigenvalue weighted by Crippen LogP contribution is 2.55. The predicted molar refractivity (Wildman–Crippen MR) is 82.3 cm³/mol. The van der Waals surface area contributed by atoms with Crippen LogP contribution in [0.4, 0.5) is 36.3 Å². The number of nitrogens with one attached hydrogen (secondary N) is 1. The van der Waals surface area contributed by atoms with E-state index in [0.717, 1.165) is 11.3 Å². The van der Waals surface area contributed by atoms with Crippen LogP contribution in [0.1, 0.15) is 12.1 Å². The van der Waals surface area contributed by atoms with Crippen LogP contribution in [-0.4, -0.2) is 60.4 Å². The summed E-state index contributed by atoms with van der Waals surface area (Å²) in [6.07, 6.45) is -12.7. The van der Waals surface area contributed by atoms with Crippen LogP contribution in [0.3, 0.4) is 0 Å². The molecule has 0 aromatic carbocycles. The number of carbonyl (C=O) groups excluding carboxylic acids is 2. The van der Waals surface area contributed by atoms with Gasteiger partial charge in [-0.2, -0.15) is 26.3 Å². The van der Waals surface area contributed by atoms with Crippen molar-refractivity contribution in [1.82, 2.24) is 15.2 Å². The van der Waals surface area contributed by atoms with E-state index < -0.39 is 49.6 Å². The van der Waals surface area contributed by atoms with Crippen LogP contribution in [0, 0.1) is 5.41 Å². The molecule has 27 heavy (non-hydrogen) atoms. The highest BCUT2D eigenvalue weighted by atomic mass is 32.1. The summed E-state index contributed by atoms with van der Waals surface area (Å²) in [5.74, 6) is -0.868. The van der Waals surface area contributed by atoms with E-state index in [0.29, 0.717) is 23.1 Å². The van der Waals surface area contributed by atoms with E-state index in [1.807, 2.05) is 0 Å². The number of likely N-dealkylation sites (tertiary alicyclic amines) is 1. The van der Waals surface area contributed by atoms with Crippen molar-refractivity contribution in [3.8, 4) is 0 Å². The standard InChI is InChI=1S/C14H14F6N4O2S/c15-13(16,17)12(14(18,19)20)1-3-23(7-12)9(25)5-8-6-27-11(22-8)24-4-2-21-10(24)26/h6H,1-5,7H2,(H,21,26). The van der Waals surface area contributed by atoms with Gasteiger partial charge in [-0.05, 0) is 6.42 Å². The molecular formula is C14H14F6N4O2S. The Bertz CT molecular complexity index is 733. The van der Waals surface area contributed by atoms with Crippen LogP contribution in [0.15, 0.2) is 5.38 Å². The lowest BCUT2D eigenvalue weighted by molar-refractivity contribution is -0.334. The van der Waals surface area contributed by atoms with Crippen molar-refractivity contribution in [2.75, 3.05) is 31.1 Å². The third kappa shape index (κ3) is 3.44. The highest BCUT2D eigenvalue weighted by molar-refractivity contribution is 7.14. The molecule has 2 fully saturated rings. The van der Waals surface area contributed by atoms with E-state index in [1.54, 1.807) is 0 Å². The Morgan fingerprint density at radius 2 is 1.89 bits per heavy atom. The highest BCUT2D eigenvalue weighted by Gasteiger charge is 2.72. The van der Waals surface area contributed by atoms with Crippen molar-refractivity contribution in [2.45, 2.75) is 25.2 Å². The molecule has 13 heteroatoms. The van der Waals surface area contributed by atoms with Crippen LogP contribution < -0.4 is 10.2 Å². The fourth-order valence-corrected chi connectivity index (χ4v) is 3.92. The third-order valence-electron chi connectivity index (χ3n) is 4.67. The minimum absolute atomic E-state index is 0.191. The molecule has 1 aromatic heterocycles. The van der Waals surface area contributed by atoms with E-state index in [9.17, 15) is 35.9 Å². The summed E-state index contributed by atoms with van der Waals surface area (Å²) in [7, 11) is 0. The Hall–Kier alpha value is -2.05. The van der Waals surface area contributed by atoms with Crippen LogP contribution in [0.2, 0.25) is 0 Å². The maximum atomic E-state index is 13.1. The molecular weight excluding hydrogens is 402 g/mol. The van der Waals surface area contributed by atoms with Crippen LogP contribution in [0.25, 0.3) is 0 Å². The Morgan fingerprint density at radius 1 is 1.22 bits per heavy atom. The SMILES string of the molecule is O=C(Cc1csc(N2CCNC2=O)n1)N1CCC(C(F)(F)F)(C(F)(F)F)C1. The Labute approximate surface area is 153 Å². The summed E-state index contributed by atoms with van der Waals surface area (Å²) in [5.41, 5.74) is -3.72. The Balaban J connectivity index is 1.69. The first-order chi connectivity index (χ1) is 12.4. The molecule has 0 spiro atoms. The van der Waals surface area contributed by atoms with Crippen LogP contribution in [-0.2, 0) is 11.2 Å². The maximum Gasteiger partial charge on any atom is 0.404 e. The second-order valence-electron chi connectivity index (χ2n) is 6.32. The van der Waals surface area contributed by atoms with Crippen molar-refractivity contribution in [3.63, 3.8) is 0 Å². The zero-order valence-corrected chi connectivity index (χ0v) is 14.5. The van der Waals surface area contributed by atoms with Crippen LogP contribution in [0.5, 0.6) is 0 Å².